The molecule has 1 aromatic heterocycles. The van der Waals surface area contributed by atoms with Gasteiger partial charge in [0.2, 0.25) is 0 Å². The van der Waals surface area contributed by atoms with Crippen LogP contribution in [0.15, 0.2) is 24.3 Å². The van der Waals surface area contributed by atoms with Gasteiger partial charge in [-0.2, -0.15) is 0 Å². The van der Waals surface area contributed by atoms with Crippen molar-refractivity contribution in [3.8, 4) is 17.0 Å². The number of hydrogen-bond donors (Lipinski definition) is 1. The Morgan fingerprint density at radius 3 is 2.96 bits per heavy atom. The molecule has 1 N–H and O–H groups in total. The van der Waals surface area contributed by atoms with E-state index in [-0.39, 0.29) is 13.2 Å². The molecule has 7 nitrogen and oxygen atoms in total. The number of hydrogen-bond acceptors (Lipinski definition) is 6. The Hall–Kier alpha value is -2.45. The Morgan fingerprint density at radius 2 is 2.21 bits per heavy atom. The Morgan fingerprint density at radius 1 is 1.42 bits per heavy atom. The van der Waals surface area contributed by atoms with E-state index in [0.29, 0.717) is 18.3 Å². The van der Waals surface area contributed by atoms with Crippen LogP contribution in [0.1, 0.15) is 11.8 Å². The fourth-order valence-electron chi connectivity index (χ4n) is 2.39. The third kappa shape index (κ3) is 3.10. The largest absolute Gasteiger partial charge is 0.487 e. The molecule has 3 rings (SSSR count). The second-order valence-electron chi connectivity index (χ2n) is 5.01. The Labute approximate surface area is 142 Å². The van der Waals surface area contributed by atoms with Crippen molar-refractivity contribution in [2.75, 3.05) is 24.7 Å². The van der Waals surface area contributed by atoms with Gasteiger partial charge in [-0.1, -0.05) is 23.5 Å². The predicted octanol–water partition coefficient (Wildman–Crippen LogP) is 2.16. The maximum Gasteiger partial charge on any atom is 0.395 e. The first kappa shape index (κ1) is 16.4. The van der Waals surface area contributed by atoms with Crippen molar-refractivity contribution >= 4 is 28.3 Å². The van der Waals surface area contributed by atoms with Crippen molar-refractivity contribution in [1.82, 2.24) is 4.98 Å². The molecular weight excluding hydrogens is 332 g/mol. The van der Waals surface area contributed by atoms with Gasteiger partial charge in [-0.3, -0.25) is 9.69 Å². The second-order valence-corrected chi connectivity index (χ2v) is 6.07. The van der Waals surface area contributed by atoms with Crippen molar-refractivity contribution in [2.24, 2.45) is 0 Å². The number of anilines is 1. The molecule has 126 valence electrons. The first-order valence-corrected chi connectivity index (χ1v) is 8.28. The quantitative estimate of drug-likeness (QED) is 0.658. The number of carbonyl (C=O) groups is 2. The summed E-state index contributed by atoms with van der Waals surface area (Å²) < 4.78 is 10.9. The number of carboxylic acids is 1. The minimum Gasteiger partial charge on any atom is -0.487 e. The monoisotopic (exact) mass is 348 g/mol. The van der Waals surface area contributed by atoms with Gasteiger partial charge in [0, 0.05) is 12.2 Å². The van der Waals surface area contributed by atoms with Gasteiger partial charge in [0.05, 0.1) is 23.7 Å². The van der Waals surface area contributed by atoms with Gasteiger partial charge in [0.1, 0.15) is 12.4 Å². The zero-order chi connectivity index (χ0) is 17.1. The van der Waals surface area contributed by atoms with E-state index in [1.54, 1.807) is 0 Å². The molecule has 0 unspecified atom stereocenters. The summed E-state index contributed by atoms with van der Waals surface area (Å²) in [5.41, 5.74) is 1.57. The first-order chi connectivity index (χ1) is 11.6. The summed E-state index contributed by atoms with van der Waals surface area (Å²) in [7, 11) is 0. The molecule has 2 heterocycles. The number of rotatable bonds is 5. The van der Waals surface area contributed by atoms with E-state index in [4.69, 9.17) is 14.6 Å². The van der Waals surface area contributed by atoms with Crippen molar-refractivity contribution in [2.45, 2.75) is 13.5 Å². The van der Waals surface area contributed by atoms with Crippen LogP contribution < -0.4 is 9.64 Å². The van der Waals surface area contributed by atoms with Crippen LogP contribution >= 0.6 is 11.3 Å². The highest BCUT2D eigenvalue weighted by Gasteiger charge is 2.29. The predicted molar refractivity (Wildman–Crippen MR) is 88.4 cm³/mol. The molecule has 8 heteroatoms. The number of fused-ring (bicyclic) bond motifs is 3. The minimum absolute atomic E-state index is 0.133. The number of para-hydroxylation sites is 1. The number of amides is 1. The number of aliphatic carboxylic acids is 1. The van der Waals surface area contributed by atoms with Crippen molar-refractivity contribution in [3.05, 3.63) is 29.1 Å². The highest BCUT2D eigenvalue weighted by Crippen LogP contribution is 2.41. The van der Waals surface area contributed by atoms with E-state index < -0.39 is 11.9 Å². The minimum atomic E-state index is -1.52. The van der Waals surface area contributed by atoms with Crippen LogP contribution in [-0.4, -0.2) is 41.7 Å². The number of thiazole rings is 1. The van der Waals surface area contributed by atoms with Crippen LogP contribution in [0.3, 0.4) is 0 Å². The SMILES string of the molecule is CCOCCN(C(=O)C(=O)O)c1nc2c(s1)COc1ccccc1-2. The van der Waals surface area contributed by atoms with Crippen molar-refractivity contribution in [3.63, 3.8) is 0 Å². The van der Waals surface area contributed by atoms with Crippen LogP contribution in [0.2, 0.25) is 0 Å². The zero-order valence-electron chi connectivity index (χ0n) is 13.0. The van der Waals surface area contributed by atoms with Gasteiger partial charge in [-0.25, -0.2) is 9.78 Å². The molecular formula is C16H16N2O5S. The second kappa shape index (κ2) is 6.98. The molecule has 0 radical (unpaired) electrons. The van der Waals surface area contributed by atoms with Gasteiger partial charge in [0.15, 0.2) is 5.13 Å². The average molecular weight is 348 g/mol. The Balaban J connectivity index is 1.94. The summed E-state index contributed by atoms with van der Waals surface area (Å²) in [6, 6.07) is 7.50. The molecule has 24 heavy (non-hydrogen) atoms. The number of benzene rings is 1. The third-order valence-corrected chi connectivity index (χ3v) is 4.56. The van der Waals surface area contributed by atoms with Crippen LogP contribution in [0.4, 0.5) is 5.13 Å². The van der Waals surface area contributed by atoms with Crippen molar-refractivity contribution < 1.29 is 24.2 Å². The first-order valence-electron chi connectivity index (χ1n) is 7.46. The fourth-order valence-corrected chi connectivity index (χ4v) is 3.41. The summed E-state index contributed by atoms with van der Waals surface area (Å²) in [5, 5.41) is 9.39. The van der Waals surface area contributed by atoms with Crippen LogP contribution in [0.5, 0.6) is 5.75 Å². The highest BCUT2D eigenvalue weighted by molar-refractivity contribution is 7.16. The van der Waals surface area contributed by atoms with Crippen molar-refractivity contribution in [1.29, 1.82) is 0 Å². The standard InChI is InChI=1S/C16H16N2O5S/c1-2-22-8-7-18(14(19)15(20)21)16-17-13-10-5-3-4-6-11(10)23-9-12(13)24-16/h3-6H,2,7-9H2,1H3,(H,20,21). The molecule has 1 aromatic carbocycles. The highest BCUT2D eigenvalue weighted by atomic mass is 32.1. The molecule has 0 fully saturated rings. The van der Waals surface area contributed by atoms with E-state index in [1.807, 2.05) is 31.2 Å². The summed E-state index contributed by atoms with van der Waals surface area (Å²) in [5.74, 6) is -1.81. The Bertz CT molecular complexity index is 774. The van der Waals surface area contributed by atoms with E-state index in [1.165, 1.54) is 11.3 Å². The van der Waals surface area contributed by atoms with Gasteiger partial charge in [0.25, 0.3) is 0 Å². The van der Waals surface area contributed by atoms with E-state index in [9.17, 15) is 9.59 Å². The molecule has 0 atom stereocenters. The number of aromatic nitrogens is 1. The summed E-state index contributed by atoms with van der Waals surface area (Å²) in [6.45, 7) is 3.05. The number of nitrogens with zero attached hydrogens (tertiary/aromatic N) is 2. The lowest BCUT2D eigenvalue weighted by atomic mass is 10.1. The average Bonchev–Trinajstić information content (AvgIpc) is 3.02. The maximum absolute atomic E-state index is 12.0. The number of carbonyl (C=O) groups excluding carboxylic acids is 1. The lowest BCUT2D eigenvalue weighted by Gasteiger charge is -2.17. The molecule has 0 bridgehead atoms. The van der Waals surface area contributed by atoms with Gasteiger partial charge in [-0.15, -0.1) is 0 Å². The van der Waals surface area contributed by atoms with E-state index >= 15 is 0 Å². The van der Waals surface area contributed by atoms with Crippen LogP contribution in [0.25, 0.3) is 11.3 Å². The number of carboxylic acid groups (broad SMARTS) is 1. The van der Waals surface area contributed by atoms with E-state index in [0.717, 1.165) is 26.8 Å². The Kier molecular flexibility index (Phi) is 4.77. The lowest BCUT2D eigenvalue weighted by Crippen LogP contribution is -2.38. The van der Waals surface area contributed by atoms with Gasteiger partial charge < -0.3 is 14.6 Å². The smallest absolute Gasteiger partial charge is 0.395 e. The molecule has 1 amide bonds. The lowest BCUT2D eigenvalue weighted by molar-refractivity contribution is -0.148. The third-order valence-electron chi connectivity index (χ3n) is 3.51. The van der Waals surface area contributed by atoms with E-state index in [2.05, 4.69) is 4.98 Å². The number of ether oxygens (including phenoxy) is 2. The normalized spacial score (nSPS) is 12.0. The molecule has 0 saturated heterocycles. The molecule has 0 saturated carbocycles. The maximum atomic E-state index is 12.0. The van der Waals surface area contributed by atoms with Crippen LogP contribution in [0, 0.1) is 0 Å². The molecule has 2 aromatic rings. The van der Waals surface area contributed by atoms with Gasteiger partial charge >= 0.3 is 11.9 Å². The molecule has 0 aliphatic carbocycles. The summed E-state index contributed by atoms with van der Waals surface area (Å²) in [6.07, 6.45) is 0. The van der Waals surface area contributed by atoms with Crippen LogP contribution in [-0.2, 0) is 20.9 Å². The summed E-state index contributed by atoms with van der Waals surface area (Å²) in [4.78, 5) is 29.6. The summed E-state index contributed by atoms with van der Waals surface area (Å²) >= 11 is 1.26. The molecule has 0 spiro atoms. The molecule has 1 aliphatic heterocycles. The fraction of sp³-hybridized carbons (Fsp3) is 0.312. The topological polar surface area (TPSA) is 89.0 Å². The molecule has 1 aliphatic rings. The van der Waals surface area contributed by atoms with Gasteiger partial charge in [-0.05, 0) is 19.1 Å². The zero-order valence-corrected chi connectivity index (χ0v) is 13.8.